The molecule has 2 N–H and O–H groups in total. The first-order valence-corrected chi connectivity index (χ1v) is 5.05. The predicted octanol–water partition coefficient (Wildman–Crippen LogP) is 1.50. The van der Waals surface area contributed by atoms with E-state index >= 15 is 0 Å². The van der Waals surface area contributed by atoms with Gasteiger partial charge in [0.25, 0.3) is 0 Å². The van der Waals surface area contributed by atoms with Gasteiger partial charge in [0.2, 0.25) is 0 Å². The molecule has 80 valence electrons. The topological polar surface area (TPSA) is 53.1 Å². The molecule has 0 spiro atoms. The number of aromatic nitrogens is 2. The maximum Gasteiger partial charge on any atom is 0.0834 e. The number of hydrogen-bond acceptors (Lipinski definition) is 3. The molecular weight excluding hydrogens is 202 g/mol. The number of aryl methyl sites for hydroxylation is 1. The van der Waals surface area contributed by atoms with Crippen molar-refractivity contribution in [2.45, 2.75) is 19.4 Å². The summed E-state index contributed by atoms with van der Waals surface area (Å²) in [7, 11) is 1.82. The fourth-order valence-corrected chi connectivity index (χ4v) is 1.58. The molecule has 0 fully saturated rings. The summed E-state index contributed by atoms with van der Waals surface area (Å²) in [4.78, 5) is 0. The van der Waals surface area contributed by atoms with E-state index in [-0.39, 0.29) is 6.04 Å². The smallest absolute Gasteiger partial charge is 0.0834 e. The molecule has 0 aromatic carbocycles. The zero-order valence-corrected chi connectivity index (χ0v) is 9.29. The van der Waals surface area contributed by atoms with Crippen LogP contribution in [-0.2, 0) is 11.8 Å². The van der Waals surface area contributed by atoms with Crippen molar-refractivity contribution in [3.05, 3.63) is 16.9 Å². The van der Waals surface area contributed by atoms with Gasteiger partial charge in [-0.25, -0.2) is 0 Å². The van der Waals surface area contributed by atoms with E-state index in [4.69, 9.17) is 22.1 Å². The van der Waals surface area contributed by atoms with Crippen LogP contribution in [0.15, 0.2) is 6.20 Å². The van der Waals surface area contributed by atoms with Crippen molar-refractivity contribution in [2.75, 3.05) is 13.2 Å². The van der Waals surface area contributed by atoms with Crippen molar-refractivity contribution in [2.24, 2.45) is 12.8 Å². The summed E-state index contributed by atoms with van der Waals surface area (Å²) in [6.07, 6.45) is 2.59. The molecule has 0 saturated carbocycles. The van der Waals surface area contributed by atoms with E-state index in [1.165, 1.54) is 0 Å². The highest BCUT2D eigenvalue weighted by Gasteiger charge is 2.14. The standard InChI is InChI=1S/C9H16ClN3O/c1-3-4-14-6-8(11)9-7(10)5-12-13(9)2/h5,8H,3-4,6,11H2,1-2H3. The fourth-order valence-electron chi connectivity index (χ4n) is 1.27. The molecule has 1 unspecified atom stereocenters. The average Bonchev–Trinajstić information content (AvgIpc) is 2.46. The van der Waals surface area contributed by atoms with Crippen LogP contribution in [0.25, 0.3) is 0 Å². The third-order valence-electron chi connectivity index (χ3n) is 1.93. The van der Waals surface area contributed by atoms with Gasteiger partial charge in [-0.2, -0.15) is 5.10 Å². The molecular formula is C9H16ClN3O. The summed E-state index contributed by atoms with van der Waals surface area (Å²) in [5.41, 5.74) is 6.73. The van der Waals surface area contributed by atoms with Crippen LogP contribution in [0.5, 0.6) is 0 Å². The summed E-state index contributed by atoms with van der Waals surface area (Å²) >= 11 is 5.93. The third-order valence-corrected chi connectivity index (χ3v) is 2.23. The van der Waals surface area contributed by atoms with E-state index in [0.717, 1.165) is 18.7 Å². The van der Waals surface area contributed by atoms with Crippen molar-refractivity contribution >= 4 is 11.6 Å². The summed E-state index contributed by atoms with van der Waals surface area (Å²) < 4.78 is 7.04. The molecule has 5 heteroatoms. The molecule has 1 rings (SSSR count). The first-order chi connectivity index (χ1) is 6.66. The number of halogens is 1. The normalized spacial score (nSPS) is 13.1. The second kappa shape index (κ2) is 5.34. The van der Waals surface area contributed by atoms with E-state index < -0.39 is 0 Å². The van der Waals surface area contributed by atoms with Crippen LogP contribution in [0, 0.1) is 0 Å². The second-order valence-electron chi connectivity index (χ2n) is 3.18. The number of nitrogens with zero attached hydrogens (tertiary/aromatic N) is 2. The number of nitrogens with two attached hydrogens (primary N) is 1. The van der Waals surface area contributed by atoms with E-state index in [1.54, 1.807) is 10.9 Å². The number of rotatable bonds is 5. The van der Waals surface area contributed by atoms with Gasteiger partial charge in [0.05, 0.1) is 29.6 Å². The lowest BCUT2D eigenvalue weighted by Gasteiger charge is -2.12. The molecule has 0 aliphatic carbocycles. The summed E-state index contributed by atoms with van der Waals surface area (Å²) in [6.45, 7) is 3.26. The van der Waals surface area contributed by atoms with Crippen LogP contribution in [0.3, 0.4) is 0 Å². The summed E-state index contributed by atoms with van der Waals surface area (Å²) in [5, 5.41) is 4.61. The lowest BCUT2D eigenvalue weighted by molar-refractivity contribution is 0.120. The van der Waals surface area contributed by atoms with Crippen LogP contribution < -0.4 is 5.73 Å². The molecule has 0 aliphatic heterocycles. The van der Waals surface area contributed by atoms with Gasteiger partial charge in [-0.05, 0) is 6.42 Å². The maximum absolute atomic E-state index is 5.93. The van der Waals surface area contributed by atoms with Crippen molar-refractivity contribution < 1.29 is 4.74 Å². The van der Waals surface area contributed by atoms with Gasteiger partial charge in [0, 0.05) is 13.7 Å². The Hall–Kier alpha value is -0.580. The van der Waals surface area contributed by atoms with Crippen molar-refractivity contribution in [3.63, 3.8) is 0 Å². The zero-order valence-electron chi connectivity index (χ0n) is 8.53. The number of ether oxygens (including phenoxy) is 1. The minimum Gasteiger partial charge on any atom is -0.379 e. The Morgan fingerprint density at radius 2 is 2.43 bits per heavy atom. The first-order valence-electron chi connectivity index (χ1n) is 4.67. The van der Waals surface area contributed by atoms with Crippen LogP contribution in [-0.4, -0.2) is 23.0 Å². The first kappa shape index (κ1) is 11.5. The summed E-state index contributed by atoms with van der Waals surface area (Å²) in [5.74, 6) is 0. The van der Waals surface area contributed by atoms with Gasteiger partial charge in [0.15, 0.2) is 0 Å². The molecule has 1 aromatic heterocycles. The molecule has 0 saturated heterocycles. The number of hydrogen-bond donors (Lipinski definition) is 1. The van der Waals surface area contributed by atoms with Crippen molar-refractivity contribution in [1.82, 2.24) is 9.78 Å². The molecule has 14 heavy (non-hydrogen) atoms. The predicted molar refractivity (Wildman–Crippen MR) is 56.3 cm³/mol. The molecule has 1 aromatic rings. The van der Waals surface area contributed by atoms with E-state index in [9.17, 15) is 0 Å². The van der Waals surface area contributed by atoms with Crippen LogP contribution in [0.4, 0.5) is 0 Å². The highest BCUT2D eigenvalue weighted by Crippen LogP contribution is 2.20. The van der Waals surface area contributed by atoms with Gasteiger partial charge in [-0.15, -0.1) is 0 Å². The highest BCUT2D eigenvalue weighted by molar-refractivity contribution is 6.31. The molecule has 0 aliphatic rings. The Labute approximate surface area is 89.0 Å². The Kier molecular flexibility index (Phi) is 4.38. The lowest BCUT2D eigenvalue weighted by Crippen LogP contribution is -2.20. The van der Waals surface area contributed by atoms with Crippen molar-refractivity contribution in [1.29, 1.82) is 0 Å². The molecule has 0 radical (unpaired) electrons. The van der Waals surface area contributed by atoms with E-state index in [0.29, 0.717) is 11.6 Å². The second-order valence-corrected chi connectivity index (χ2v) is 3.59. The minimum absolute atomic E-state index is 0.207. The molecule has 1 heterocycles. The third kappa shape index (κ3) is 2.70. The van der Waals surface area contributed by atoms with Crippen LogP contribution in [0.2, 0.25) is 5.02 Å². The monoisotopic (exact) mass is 217 g/mol. The Balaban J connectivity index is 2.55. The highest BCUT2D eigenvalue weighted by atomic mass is 35.5. The minimum atomic E-state index is -0.207. The van der Waals surface area contributed by atoms with Crippen molar-refractivity contribution in [3.8, 4) is 0 Å². The van der Waals surface area contributed by atoms with E-state index in [1.807, 2.05) is 7.05 Å². The lowest BCUT2D eigenvalue weighted by atomic mass is 10.2. The molecule has 4 nitrogen and oxygen atoms in total. The van der Waals surface area contributed by atoms with Gasteiger partial charge < -0.3 is 10.5 Å². The summed E-state index contributed by atoms with van der Waals surface area (Å²) in [6, 6.07) is -0.207. The van der Waals surface area contributed by atoms with E-state index in [2.05, 4.69) is 12.0 Å². The zero-order chi connectivity index (χ0) is 10.6. The van der Waals surface area contributed by atoms with Crippen LogP contribution in [0.1, 0.15) is 25.1 Å². The molecule has 0 bridgehead atoms. The Morgan fingerprint density at radius 3 is 2.93 bits per heavy atom. The fraction of sp³-hybridized carbons (Fsp3) is 0.667. The molecule has 1 atom stereocenters. The average molecular weight is 218 g/mol. The Bertz CT molecular complexity index is 268. The van der Waals surface area contributed by atoms with Gasteiger partial charge in [-0.3, -0.25) is 4.68 Å². The molecule has 0 amide bonds. The quantitative estimate of drug-likeness (QED) is 0.761. The SMILES string of the molecule is CCCOCC(N)c1c(Cl)cnn1C. The maximum atomic E-state index is 5.93. The van der Waals surface area contributed by atoms with Gasteiger partial charge in [-0.1, -0.05) is 18.5 Å². The van der Waals surface area contributed by atoms with Gasteiger partial charge >= 0.3 is 0 Å². The van der Waals surface area contributed by atoms with Crippen LogP contribution >= 0.6 is 11.6 Å². The van der Waals surface area contributed by atoms with Gasteiger partial charge in [0.1, 0.15) is 0 Å². The largest absolute Gasteiger partial charge is 0.379 e. The Morgan fingerprint density at radius 1 is 1.71 bits per heavy atom.